The van der Waals surface area contributed by atoms with Crippen LogP contribution in [0.1, 0.15) is 58.8 Å². The maximum atomic E-state index is 13.0. The molecule has 3 saturated carbocycles. The van der Waals surface area contributed by atoms with Crippen molar-refractivity contribution < 1.29 is 14.6 Å². The fourth-order valence-corrected chi connectivity index (χ4v) is 6.54. The molecule has 0 aliphatic heterocycles. The zero-order valence-electron chi connectivity index (χ0n) is 14.7. The second-order valence-corrected chi connectivity index (χ2v) is 8.97. The van der Waals surface area contributed by atoms with Crippen LogP contribution in [0.4, 0.5) is 0 Å². The molecule has 0 aromatic carbocycles. The molecule has 0 spiro atoms. The lowest BCUT2D eigenvalue weighted by molar-refractivity contribution is -0.136. The molecule has 0 radical (unpaired) electrons. The van der Waals surface area contributed by atoms with E-state index < -0.39 is 0 Å². The molecule has 2 unspecified atom stereocenters. The molecule has 4 rings (SSSR count). The first-order valence-electron chi connectivity index (χ1n) is 9.36. The Hall–Kier alpha value is -0.670. The highest BCUT2D eigenvalue weighted by atomic mass is 16.5. The predicted molar refractivity (Wildman–Crippen MR) is 88.9 cm³/mol. The van der Waals surface area contributed by atoms with Crippen molar-refractivity contribution in [2.24, 2.45) is 28.6 Å². The van der Waals surface area contributed by atoms with Crippen molar-refractivity contribution >= 4 is 5.78 Å². The van der Waals surface area contributed by atoms with E-state index in [-0.39, 0.29) is 29.0 Å². The van der Waals surface area contributed by atoms with Crippen LogP contribution in [-0.4, -0.2) is 30.2 Å². The first kappa shape index (κ1) is 15.8. The molecule has 3 nitrogen and oxygen atoms in total. The second-order valence-electron chi connectivity index (χ2n) is 8.97. The lowest BCUT2D eigenvalue weighted by Gasteiger charge is -2.56. The number of ketones is 1. The van der Waals surface area contributed by atoms with Crippen LogP contribution in [0.5, 0.6) is 0 Å². The van der Waals surface area contributed by atoms with Gasteiger partial charge in [-0.2, -0.15) is 0 Å². The monoisotopic (exact) mass is 318 g/mol. The van der Waals surface area contributed by atoms with Crippen LogP contribution < -0.4 is 0 Å². The van der Waals surface area contributed by atoms with Crippen molar-refractivity contribution in [1.29, 1.82) is 0 Å². The summed E-state index contributed by atoms with van der Waals surface area (Å²) in [6.07, 6.45) is 9.25. The Balaban J connectivity index is 1.71. The van der Waals surface area contributed by atoms with Crippen LogP contribution in [0.3, 0.4) is 0 Å². The molecule has 0 aromatic heterocycles. The van der Waals surface area contributed by atoms with Crippen LogP contribution in [0, 0.1) is 28.6 Å². The Morgan fingerprint density at radius 3 is 2.65 bits per heavy atom. The summed E-state index contributed by atoms with van der Waals surface area (Å²) in [6.45, 7) is 4.62. The summed E-state index contributed by atoms with van der Waals surface area (Å²) in [5.41, 5.74) is 1.47. The smallest absolute Gasteiger partial charge is 0.159 e. The van der Waals surface area contributed by atoms with Gasteiger partial charge in [0.15, 0.2) is 5.78 Å². The van der Waals surface area contributed by atoms with Gasteiger partial charge in [0.05, 0.1) is 12.2 Å². The van der Waals surface area contributed by atoms with Crippen molar-refractivity contribution in [2.75, 3.05) is 7.11 Å². The molecule has 1 N–H and O–H groups in total. The van der Waals surface area contributed by atoms with Gasteiger partial charge in [0.2, 0.25) is 0 Å². The van der Waals surface area contributed by atoms with Crippen molar-refractivity contribution in [3.63, 3.8) is 0 Å². The maximum Gasteiger partial charge on any atom is 0.159 e. The third kappa shape index (κ3) is 2.05. The van der Waals surface area contributed by atoms with Crippen LogP contribution in [0.15, 0.2) is 11.6 Å². The van der Waals surface area contributed by atoms with E-state index in [4.69, 9.17) is 4.74 Å². The van der Waals surface area contributed by atoms with Gasteiger partial charge in [0.1, 0.15) is 0 Å². The minimum Gasteiger partial charge on any atom is -0.393 e. The van der Waals surface area contributed by atoms with Gasteiger partial charge in [-0.15, -0.1) is 0 Å². The topological polar surface area (TPSA) is 46.5 Å². The Bertz CT molecular complexity index is 553. The van der Waals surface area contributed by atoms with Gasteiger partial charge in [-0.1, -0.05) is 19.4 Å². The van der Waals surface area contributed by atoms with Gasteiger partial charge in [0, 0.05) is 13.0 Å². The van der Waals surface area contributed by atoms with E-state index in [9.17, 15) is 9.90 Å². The number of carbonyl (C=O) groups excluding carboxylic acids is 1. The number of hydrogen-bond donors (Lipinski definition) is 1. The molecule has 3 heteroatoms. The number of rotatable bonds is 1. The number of aliphatic hydroxyl groups excluding tert-OH is 1. The van der Waals surface area contributed by atoms with Gasteiger partial charge in [-0.25, -0.2) is 0 Å². The van der Waals surface area contributed by atoms with Gasteiger partial charge >= 0.3 is 0 Å². The van der Waals surface area contributed by atoms with E-state index in [2.05, 4.69) is 13.8 Å². The minimum absolute atomic E-state index is 0.0394. The standard InChI is InChI=1S/C20H30O3/c1-19-8-6-13(23-3)10-12(19)11-16(21)18-14-4-5-17(22)20(14,2)9-7-15(18)19/h11,13-15,17-18,22H,4-10H2,1-3H3/t13?,14-,15+,17?,18-,19-,20-/m0/s1. The van der Waals surface area contributed by atoms with Crippen molar-refractivity contribution in [3.8, 4) is 0 Å². The van der Waals surface area contributed by atoms with Gasteiger partial charge < -0.3 is 9.84 Å². The number of methoxy groups -OCH3 is 1. The van der Waals surface area contributed by atoms with E-state index in [1.165, 1.54) is 5.57 Å². The molecule has 0 heterocycles. The Labute approximate surface area is 139 Å². The molecule has 4 aliphatic rings. The van der Waals surface area contributed by atoms with E-state index in [1.54, 1.807) is 7.11 Å². The summed E-state index contributed by atoms with van der Waals surface area (Å²) in [5, 5.41) is 10.5. The Morgan fingerprint density at radius 2 is 1.91 bits per heavy atom. The van der Waals surface area contributed by atoms with E-state index >= 15 is 0 Å². The maximum absolute atomic E-state index is 13.0. The largest absolute Gasteiger partial charge is 0.393 e. The van der Waals surface area contributed by atoms with Crippen LogP contribution in [0.25, 0.3) is 0 Å². The molecule has 4 aliphatic carbocycles. The molecule has 23 heavy (non-hydrogen) atoms. The molecule has 0 saturated heterocycles. The van der Waals surface area contributed by atoms with Gasteiger partial charge in [0.25, 0.3) is 0 Å². The third-order valence-corrected chi connectivity index (χ3v) is 8.18. The molecule has 3 fully saturated rings. The summed E-state index contributed by atoms with van der Waals surface area (Å²) in [7, 11) is 1.79. The second kappa shape index (κ2) is 5.16. The van der Waals surface area contributed by atoms with Crippen LogP contribution in [-0.2, 0) is 9.53 Å². The van der Waals surface area contributed by atoms with Crippen LogP contribution in [0.2, 0.25) is 0 Å². The molecule has 0 aromatic rings. The van der Waals surface area contributed by atoms with E-state index in [0.29, 0.717) is 17.6 Å². The third-order valence-electron chi connectivity index (χ3n) is 8.18. The quantitative estimate of drug-likeness (QED) is 0.805. The summed E-state index contributed by atoms with van der Waals surface area (Å²) >= 11 is 0. The van der Waals surface area contributed by atoms with E-state index in [0.717, 1.165) is 44.9 Å². The lowest BCUT2D eigenvalue weighted by Crippen LogP contribution is -2.54. The number of ether oxygens (including phenoxy) is 1. The molecule has 128 valence electrons. The zero-order valence-corrected chi connectivity index (χ0v) is 14.7. The van der Waals surface area contributed by atoms with Crippen LogP contribution >= 0.6 is 0 Å². The molecule has 0 bridgehead atoms. The molecular formula is C20H30O3. The molecule has 7 atom stereocenters. The average Bonchev–Trinajstić information content (AvgIpc) is 2.83. The summed E-state index contributed by atoms with van der Waals surface area (Å²) < 4.78 is 5.57. The summed E-state index contributed by atoms with van der Waals surface area (Å²) in [5.74, 6) is 1.32. The fraction of sp³-hybridized carbons (Fsp3) is 0.850. The fourth-order valence-electron chi connectivity index (χ4n) is 6.54. The molecular weight excluding hydrogens is 288 g/mol. The highest BCUT2D eigenvalue weighted by Gasteiger charge is 2.60. The highest BCUT2D eigenvalue weighted by Crippen LogP contribution is 2.64. The van der Waals surface area contributed by atoms with E-state index in [1.807, 2.05) is 6.08 Å². The first-order chi connectivity index (χ1) is 10.9. The van der Waals surface area contributed by atoms with Gasteiger partial charge in [-0.05, 0) is 73.7 Å². The average molecular weight is 318 g/mol. The SMILES string of the molecule is COC1CC[C@@]2(C)C(=CC(=O)[C@@H]3[C@H]2CC[C@]2(C)C(O)CC[C@@H]32)C1. The van der Waals surface area contributed by atoms with Gasteiger partial charge in [-0.3, -0.25) is 4.79 Å². The van der Waals surface area contributed by atoms with Crippen molar-refractivity contribution in [3.05, 3.63) is 11.6 Å². The van der Waals surface area contributed by atoms with Crippen molar-refractivity contribution in [1.82, 2.24) is 0 Å². The zero-order chi connectivity index (χ0) is 16.4. The number of allylic oxidation sites excluding steroid dienone is 1. The Kier molecular flexibility index (Phi) is 3.55. The number of aliphatic hydroxyl groups is 1. The predicted octanol–water partition coefficient (Wildman–Crippen LogP) is 3.50. The first-order valence-corrected chi connectivity index (χ1v) is 9.36. The summed E-state index contributed by atoms with van der Waals surface area (Å²) in [4.78, 5) is 13.0. The van der Waals surface area contributed by atoms with Crippen molar-refractivity contribution in [2.45, 2.75) is 71.0 Å². The minimum atomic E-state index is -0.219. The number of hydrogen-bond acceptors (Lipinski definition) is 3. The number of fused-ring (bicyclic) bond motifs is 5. The summed E-state index contributed by atoms with van der Waals surface area (Å²) in [6, 6.07) is 0. The normalized spacial score (nSPS) is 52.4. The lowest BCUT2D eigenvalue weighted by atomic mass is 9.47. The Morgan fingerprint density at radius 1 is 1.13 bits per heavy atom. The highest BCUT2D eigenvalue weighted by molar-refractivity contribution is 5.94. The number of carbonyl (C=O) groups is 1. The molecule has 0 amide bonds.